The molecule has 0 aliphatic rings. The van der Waals surface area contributed by atoms with Gasteiger partial charge in [-0.15, -0.1) is 0 Å². The normalized spacial score (nSPS) is 11.6. The number of carbonyl (C=O) groups is 1. The molecule has 0 radical (unpaired) electrons. The first-order chi connectivity index (χ1) is 9.41. The lowest BCUT2D eigenvalue weighted by Gasteiger charge is -1.97. The Bertz CT molecular complexity index is 228. The molecule has 0 aromatic carbocycles. The summed E-state index contributed by atoms with van der Waals surface area (Å²) in [5, 5.41) is 0. The molecule has 110 valence electrons. The molecule has 0 rings (SSSR count). The van der Waals surface area contributed by atoms with Crippen LogP contribution in [-0.4, -0.2) is 6.29 Å². The number of hydrogen-bond donors (Lipinski definition) is 0. The van der Waals surface area contributed by atoms with Crippen LogP contribution in [0.1, 0.15) is 84.0 Å². The summed E-state index contributed by atoms with van der Waals surface area (Å²) in [6.07, 6.45) is 24.6. The first kappa shape index (κ1) is 18.1. The zero-order valence-corrected chi connectivity index (χ0v) is 12.8. The lowest BCUT2D eigenvalue weighted by Crippen LogP contribution is -1.80. The van der Waals surface area contributed by atoms with E-state index in [0.29, 0.717) is 0 Å². The third-order valence-electron chi connectivity index (χ3n) is 3.27. The van der Waals surface area contributed by atoms with Gasteiger partial charge in [0.2, 0.25) is 0 Å². The van der Waals surface area contributed by atoms with Crippen LogP contribution in [0.25, 0.3) is 0 Å². The molecule has 0 unspecified atom stereocenters. The topological polar surface area (TPSA) is 17.1 Å². The van der Waals surface area contributed by atoms with Gasteiger partial charge in [-0.05, 0) is 38.5 Å². The Morgan fingerprint density at radius 3 is 1.74 bits per heavy atom. The maximum atomic E-state index is 10.1. The van der Waals surface area contributed by atoms with Crippen molar-refractivity contribution in [3.05, 3.63) is 24.3 Å². The average molecular weight is 264 g/mol. The van der Waals surface area contributed by atoms with Crippen LogP contribution in [0.4, 0.5) is 0 Å². The van der Waals surface area contributed by atoms with E-state index in [0.717, 1.165) is 25.5 Å². The number of aldehydes is 1. The van der Waals surface area contributed by atoms with Crippen molar-refractivity contribution in [3.8, 4) is 0 Å². The number of unbranched alkanes of at least 4 members (excludes halogenated alkanes) is 9. The molecule has 0 spiro atoms. The number of rotatable bonds is 14. The second kappa shape index (κ2) is 17.2. The van der Waals surface area contributed by atoms with Crippen LogP contribution in [0.15, 0.2) is 24.3 Å². The van der Waals surface area contributed by atoms with Crippen LogP contribution in [-0.2, 0) is 4.79 Å². The highest BCUT2D eigenvalue weighted by Gasteiger charge is 1.89. The molecule has 0 saturated heterocycles. The molecule has 0 aromatic rings. The second-order valence-corrected chi connectivity index (χ2v) is 5.19. The molecule has 0 aromatic heterocycles. The summed E-state index contributed by atoms with van der Waals surface area (Å²) >= 11 is 0. The molecule has 0 aliphatic carbocycles. The fraction of sp³-hybridized carbons (Fsp3) is 0.722. The molecule has 0 heterocycles. The summed E-state index contributed by atoms with van der Waals surface area (Å²) in [5.74, 6) is 0. The zero-order valence-electron chi connectivity index (χ0n) is 12.8. The predicted molar refractivity (Wildman–Crippen MR) is 85.4 cm³/mol. The first-order valence-electron chi connectivity index (χ1n) is 8.15. The van der Waals surface area contributed by atoms with Crippen molar-refractivity contribution in [2.75, 3.05) is 0 Å². The second-order valence-electron chi connectivity index (χ2n) is 5.19. The Kier molecular flexibility index (Phi) is 16.4. The predicted octanol–water partition coefficient (Wildman–Crippen LogP) is 6.00. The minimum absolute atomic E-state index is 0.741. The third kappa shape index (κ3) is 17.1. The van der Waals surface area contributed by atoms with Crippen molar-refractivity contribution >= 4 is 6.29 Å². The van der Waals surface area contributed by atoms with E-state index < -0.39 is 0 Å². The van der Waals surface area contributed by atoms with E-state index >= 15 is 0 Å². The molecule has 0 atom stereocenters. The van der Waals surface area contributed by atoms with Crippen LogP contribution in [0.2, 0.25) is 0 Å². The highest BCUT2D eigenvalue weighted by molar-refractivity contribution is 5.48. The van der Waals surface area contributed by atoms with Gasteiger partial charge in [0, 0.05) is 6.42 Å². The van der Waals surface area contributed by atoms with Crippen molar-refractivity contribution in [3.63, 3.8) is 0 Å². The largest absolute Gasteiger partial charge is 0.303 e. The lowest BCUT2D eigenvalue weighted by molar-refractivity contribution is -0.107. The van der Waals surface area contributed by atoms with Crippen LogP contribution in [0.5, 0.6) is 0 Å². The smallest absolute Gasteiger partial charge is 0.119 e. The van der Waals surface area contributed by atoms with Crippen molar-refractivity contribution < 1.29 is 4.79 Å². The summed E-state index contributed by atoms with van der Waals surface area (Å²) in [6, 6.07) is 0. The Labute approximate surface area is 120 Å². The molecule has 0 fully saturated rings. The molecular formula is C18H32O. The summed E-state index contributed by atoms with van der Waals surface area (Å²) < 4.78 is 0. The van der Waals surface area contributed by atoms with Crippen LogP contribution in [0.3, 0.4) is 0 Å². The first-order valence-corrected chi connectivity index (χ1v) is 8.15. The highest BCUT2D eigenvalue weighted by Crippen LogP contribution is 2.07. The molecule has 0 N–H and O–H groups in total. The van der Waals surface area contributed by atoms with Gasteiger partial charge < -0.3 is 4.79 Å². The van der Waals surface area contributed by atoms with Gasteiger partial charge in [-0.1, -0.05) is 63.3 Å². The van der Waals surface area contributed by atoms with Gasteiger partial charge in [-0.3, -0.25) is 0 Å². The van der Waals surface area contributed by atoms with Crippen molar-refractivity contribution in [2.45, 2.75) is 84.0 Å². The van der Waals surface area contributed by atoms with E-state index in [1.807, 2.05) is 0 Å². The summed E-state index contributed by atoms with van der Waals surface area (Å²) in [7, 11) is 0. The molecule has 1 nitrogen and oxygen atoms in total. The molecule has 19 heavy (non-hydrogen) atoms. The van der Waals surface area contributed by atoms with Gasteiger partial charge in [0.05, 0.1) is 0 Å². The minimum atomic E-state index is 0.741. The Balaban J connectivity index is 3.14. The summed E-state index contributed by atoms with van der Waals surface area (Å²) in [4.78, 5) is 10.1. The molecule has 0 bridgehead atoms. The summed E-state index contributed by atoms with van der Waals surface area (Å²) in [5.41, 5.74) is 0. The number of carbonyl (C=O) groups excluding carboxylic acids is 1. The van der Waals surface area contributed by atoms with Gasteiger partial charge in [-0.2, -0.15) is 0 Å². The fourth-order valence-electron chi connectivity index (χ4n) is 2.04. The Morgan fingerprint density at radius 1 is 0.632 bits per heavy atom. The number of hydrogen-bond acceptors (Lipinski definition) is 1. The summed E-state index contributed by atoms with van der Waals surface area (Å²) in [6.45, 7) is 2.24. The Morgan fingerprint density at radius 2 is 1.16 bits per heavy atom. The van der Waals surface area contributed by atoms with Gasteiger partial charge in [0.1, 0.15) is 6.29 Å². The molecule has 0 saturated carbocycles. The molecule has 1 heteroatoms. The van der Waals surface area contributed by atoms with Crippen molar-refractivity contribution in [1.29, 1.82) is 0 Å². The maximum absolute atomic E-state index is 10.1. The standard InChI is InChI=1S/C18H32O/c1-2-3-4-5-6-7-8-9-10-11-12-13-14-15-16-17-18-19/h6-7,9-10,18H,2-5,8,11-17H2,1H3/b7-6?,10-9+. The van der Waals surface area contributed by atoms with E-state index in [4.69, 9.17) is 0 Å². The number of allylic oxidation sites excluding steroid dienone is 4. The van der Waals surface area contributed by atoms with E-state index in [2.05, 4.69) is 31.2 Å². The van der Waals surface area contributed by atoms with Crippen LogP contribution < -0.4 is 0 Å². The Hall–Kier alpha value is -0.850. The van der Waals surface area contributed by atoms with Crippen molar-refractivity contribution in [2.24, 2.45) is 0 Å². The van der Waals surface area contributed by atoms with Gasteiger partial charge in [0.25, 0.3) is 0 Å². The van der Waals surface area contributed by atoms with E-state index in [-0.39, 0.29) is 0 Å². The lowest BCUT2D eigenvalue weighted by atomic mass is 10.1. The van der Waals surface area contributed by atoms with Crippen LogP contribution in [0, 0.1) is 0 Å². The molecule has 0 aliphatic heterocycles. The van der Waals surface area contributed by atoms with Crippen molar-refractivity contribution in [1.82, 2.24) is 0 Å². The van der Waals surface area contributed by atoms with E-state index in [1.54, 1.807) is 0 Å². The minimum Gasteiger partial charge on any atom is -0.303 e. The van der Waals surface area contributed by atoms with Gasteiger partial charge in [-0.25, -0.2) is 0 Å². The quantitative estimate of drug-likeness (QED) is 0.214. The van der Waals surface area contributed by atoms with Crippen LogP contribution >= 0.6 is 0 Å². The maximum Gasteiger partial charge on any atom is 0.119 e. The molecular weight excluding hydrogens is 232 g/mol. The fourth-order valence-corrected chi connectivity index (χ4v) is 2.04. The zero-order chi connectivity index (χ0) is 14.0. The molecule has 0 amide bonds. The van der Waals surface area contributed by atoms with E-state index in [1.165, 1.54) is 57.8 Å². The SMILES string of the molecule is CCCCCC=CC/C=C/CCCCCCCC=O. The monoisotopic (exact) mass is 264 g/mol. The highest BCUT2D eigenvalue weighted by atomic mass is 16.1. The van der Waals surface area contributed by atoms with Gasteiger partial charge >= 0.3 is 0 Å². The third-order valence-corrected chi connectivity index (χ3v) is 3.27. The average Bonchev–Trinajstić information content (AvgIpc) is 2.43. The van der Waals surface area contributed by atoms with Gasteiger partial charge in [0.15, 0.2) is 0 Å². The van der Waals surface area contributed by atoms with E-state index in [9.17, 15) is 4.79 Å².